The van der Waals surface area contributed by atoms with Gasteiger partial charge in [0.2, 0.25) is 0 Å². The van der Waals surface area contributed by atoms with E-state index in [1.807, 2.05) is 31.3 Å². The van der Waals surface area contributed by atoms with E-state index < -0.39 is 10.8 Å². The van der Waals surface area contributed by atoms with Crippen LogP contribution in [0.15, 0.2) is 33.6 Å². The Hall–Kier alpha value is -0.190. The Morgan fingerprint density at radius 3 is 2.69 bits per heavy atom. The van der Waals surface area contributed by atoms with Gasteiger partial charge >= 0.3 is 0 Å². The van der Waals surface area contributed by atoms with E-state index in [4.69, 9.17) is 0 Å². The molecule has 16 heavy (non-hydrogen) atoms. The lowest BCUT2D eigenvalue weighted by Crippen LogP contribution is -2.30. The van der Waals surface area contributed by atoms with E-state index in [0.29, 0.717) is 11.8 Å². The largest absolute Gasteiger partial charge is 0.316 e. The van der Waals surface area contributed by atoms with Crippen LogP contribution in [0.5, 0.6) is 0 Å². The summed E-state index contributed by atoms with van der Waals surface area (Å²) in [6.45, 7) is 2.14. The molecule has 2 nitrogen and oxygen atoms in total. The van der Waals surface area contributed by atoms with E-state index >= 15 is 0 Å². The molecule has 0 amide bonds. The van der Waals surface area contributed by atoms with Gasteiger partial charge in [0.15, 0.2) is 0 Å². The van der Waals surface area contributed by atoms with Gasteiger partial charge in [0, 0.05) is 16.3 Å². The van der Waals surface area contributed by atoms with Gasteiger partial charge in [0.1, 0.15) is 0 Å². The molecular weight excluding hydrogens is 286 g/mol. The Morgan fingerprint density at radius 1 is 1.44 bits per heavy atom. The minimum Gasteiger partial charge on any atom is -0.316 e. The van der Waals surface area contributed by atoms with Crippen molar-refractivity contribution in [3.8, 4) is 0 Å². The van der Waals surface area contributed by atoms with Crippen LogP contribution < -0.4 is 5.32 Å². The minimum atomic E-state index is -0.936. The average molecular weight is 304 g/mol. The standard InChI is InChI=1S/C12H18BrNOS/c1-3-6-10(14-2)9-16(15)12-8-5-4-7-11(12)13/h4-5,7-8,10,14H,3,6,9H2,1-2H3. The molecule has 0 spiro atoms. The number of halogens is 1. The van der Waals surface area contributed by atoms with E-state index in [1.165, 1.54) is 0 Å². The molecule has 1 rings (SSSR count). The summed E-state index contributed by atoms with van der Waals surface area (Å²) in [5.74, 6) is 0.674. The van der Waals surface area contributed by atoms with E-state index in [9.17, 15) is 4.21 Å². The van der Waals surface area contributed by atoms with Gasteiger partial charge in [0.25, 0.3) is 0 Å². The van der Waals surface area contributed by atoms with Crippen LogP contribution in [0.1, 0.15) is 19.8 Å². The third kappa shape index (κ3) is 4.00. The smallest absolute Gasteiger partial charge is 0.0556 e. The topological polar surface area (TPSA) is 29.1 Å². The molecule has 0 bridgehead atoms. The van der Waals surface area contributed by atoms with Crippen LogP contribution in [0.25, 0.3) is 0 Å². The van der Waals surface area contributed by atoms with Crippen LogP contribution in [0.2, 0.25) is 0 Å². The Balaban J connectivity index is 2.68. The Bertz CT molecular complexity index is 357. The fourth-order valence-corrected chi connectivity index (χ4v) is 3.78. The maximum absolute atomic E-state index is 12.2. The van der Waals surface area contributed by atoms with Crippen molar-refractivity contribution in [2.24, 2.45) is 0 Å². The summed E-state index contributed by atoms with van der Waals surface area (Å²) >= 11 is 3.43. The summed E-state index contributed by atoms with van der Waals surface area (Å²) in [5, 5.41) is 3.21. The Morgan fingerprint density at radius 2 is 2.12 bits per heavy atom. The van der Waals surface area contributed by atoms with Crippen molar-refractivity contribution in [1.29, 1.82) is 0 Å². The molecule has 0 aliphatic heterocycles. The maximum Gasteiger partial charge on any atom is 0.0556 e. The summed E-state index contributed by atoms with van der Waals surface area (Å²) in [4.78, 5) is 0.888. The first-order valence-corrected chi connectivity index (χ1v) is 7.60. The molecular formula is C12H18BrNOS. The molecule has 0 heterocycles. The second-order valence-electron chi connectivity index (χ2n) is 3.72. The second-order valence-corrected chi connectivity index (χ2v) is 6.04. The summed E-state index contributed by atoms with van der Waals surface area (Å²) in [5.41, 5.74) is 0. The maximum atomic E-state index is 12.2. The highest BCUT2D eigenvalue weighted by Crippen LogP contribution is 2.20. The molecule has 0 aliphatic rings. The molecule has 0 aromatic heterocycles. The summed E-state index contributed by atoms with van der Waals surface area (Å²) < 4.78 is 13.1. The number of hydrogen-bond donors (Lipinski definition) is 1. The number of nitrogens with one attached hydrogen (secondary N) is 1. The summed E-state index contributed by atoms with van der Waals surface area (Å²) in [6, 6.07) is 8.04. The van der Waals surface area contributed by atoms with Gasteiger partial charge < -0.3 is 5.32 Å². The third-order valence-corrected chi connectivity index (χ3v) is 4.99. The molecule has 90 valence electrons. The van der Waals surface area contributed by atoms with Crippen LogP contribution in [0, 0.1) is 0 Å². The van der Waals surface area contributed by atoms with E-state index in [2.05, 4.69) is 28.2 Å². The molecule has 1 aromatic carbocycles. The molecule has 0 aliphatic carbocycles. The van der Waals surface area contributed by atoms with Gasteiger partial charge in [0.05, 0.1) is 15.7 Å². The highest BCUT2D eigenvalue weighted by molar-refractivity contribution is 9.10. The van der Waals surface area contributed by atoms with Gasteiger partial charge in [-0.15, -0.1) is 0 Å². The van der Waals surface area contributed by atoms with Crippen molar-refractivity contribution in [2.45, 2.75) is 30.7 Å². The number of benzene rings is 1. The molecule has 1 aromatic rings. The fourth-order valence-electron chi connectivity index (χ4n) is 1.56. The van der Waals surface area contributed by atoms with Crippen LogP contribution in [0.3, 0.4) is 0 Å². The van der Waals surface area contributed by atoms with Crippen LogP contribution in [-0.2, 0) is 10.8 Å². The first kappa shape index (κ1) is 13.9. The van der Waals surface area contributed by atoms with Crippen molar-refractivity contribution < 1.29 is 4.21 Å². The van der Waals surface area contributed by atoms with Gasteiger partial charge in [-0.05, 0) is 41.5 Å². The zero-order valence-electron chi connectivity index (χ0n) is 9.70. The lowest BCUT2D eigenvalue weighted by Gasteiger charge is -2.15. The predicted octanol–water partition coefficient (Wildman–Crippen LogP) is 2.94. The minimum absolute atomic E-state index is 0.331. The molecule has 1 N–H and O–H groups in total. The molecule has 2 atom stereocenters. The van der Waals surface area contributed by atoms with Gasteiger partial charge in [-0.25, -0.2) is 0 Å². The monoisotopic (exact) mass is 303 g/mol. The first-order valence-electron chi connectivity index (χ1n) is 5.49. The Kier molecular flexibility index (Phi) is 6.24. The fraction of sp³-hybridized carbons (Fsp3) is 0.500. The van der Waals surface area contributed by atoms with Crippen molar-refractivity contribution in [2.75, 3.05) is 12.8 Å². The summed E-state index contributed by atoms with van der Waals surface area (Å²) in [7, 11) is 0.992. The van der Waals surface area contributed by atoms with Crippen LogP contribution in [-0.4, -0.2) is 23.1 Å². The van der Waals surface area contributed by atoms with Crippen LogP contribution in [0.4, 0.5) is 0 Å². The normalized spacial score (nSPS) is 14.7. The SMILES string of the molecule is CCCC(CS(=O)c1ccccc1Br)NC. The molecule has 0 radical (unpaired) electrons. The second kappa shape index (κ2) is 7.20. The molecule has 4 heteroatoms. The highest BCUT2D eigenvalue weighted by atomic mass is 79.9. The van der Waals surface area contributed by atoms with Crippen molar-refractivity contribution in [3.63, 3.8) is 0 Å². The lowest BCUT2D eigenvalue weighted by atomic mass is 10.2. The van der Waals surface area contributed by atoms with Gasteiger partial charge in [-0.3, -0.25) is 4.21 Å². The molecule has 0 saturated carbocycles. The highest BCUT2D eigenvalue weighted by Gasteiger charge is 2.13. The van der Waals surface area contributed by atoms with E-state index in [0.717, 1.165) is 22.2 Å². The molecule has 2 unspecified atom stereocenters. The third-order valence-electron chi connectivity index (χ3n) is 2.48. The molecule has 0 fully saturated rings. The predicted molar refractivity (Wildman–Crippen MR) is 73.2 cm³/mol. The average Bonchev–Trinajstić information content (AvgIpc) is 2.28. The summed E-state index contributed by atoms with van der Waals surface area (Å²) in [6.07, 6.45) is 2.17. The van der Waals surface area contributed by atoms with Gasteiger partial charge in [-0.1, -0.05) is 25.5 Å². The van der Waals surface area contributed by atoms with Crippen molar-refractivity contribution in [3.05, 3.63) is 28.7 Å². The van der Waals surface area contributed by atoms with E-state index in [1.54, 1.807) is 0 Å². The van der Waals surface area contributed by atoms with Crippen molar-refractivity contribution >= 4 is 26.7 Å². The van der Waals surface area contributed by atoms with Gasteiger partial charge in [-0.2, -0.15) is 0 Å². The number of hydrogen-bond acceptors (Lipinski definition) is 2. The van der Waals surface area contributed by atoms with E-state index in [-0.39, 0.29) is 0 Å². The zero-order chi connectivity index (χ0) is 12.0. The quantitative estimate of drug-likeness (QED) is 0.875. The Labute approximate surface area is 108 Å². The molecule has 0 saturated heterocycles. The van der Waals surface area contributed by atoms with Crippen LogP contribution >= 0.6 is 15.9 Å². The first-order chi connectivity index (χ1) is 7.69. The zero-order valence-corrected chi connectivity index (χ0v) is 12.1. The lowest BCUT2D eigenvalue weighted by molar-refractivity contribution is 0.557. The number of rotatable bonds is 6. The van der Waals surface area contributed by atoms with Crippen molar-refractivity contribution in [1.82, 2.24) is 5.32 Å².